The van der Waals surface area contributed by atoms with Crippen molar-refractivity contribution in [3.8, 4) is 16.9 Å². The summed E-state index contributed by atoms with van der Waals surface area (Å²) in [5.74, 6) is -1.42. The molecule has 1 aromatic carbocycles. The molecule has 0 amide bonds. The average molecular weight is 387 g/mol. The molecule has 3 aromatic heterocycles. The van der Waals surface area contributed by atoms with Gasteiger partial charge < -0.3 is 5.11 Å². The lowest BCUT2D eigenvalue weighted by Gasteiger charge is -2.04. The van der Waals surface area contributed by atoms with Gasteiger partial charge >= 0.3 is 12.1 Å². The number of nitrogens with zero attached hydrogens (tertiary/aromatic N) is 5. The minimum absolute atomic E-state index is 0.124. The first-order valence-electron chi connectivity index (χ1n) is 8.04. The maximum Gasteiger partial charge on any atom is 0.433 e. The van der Waals surface area contributed by atoms with Crippen molar-refractivity contribution in [2.45, 2.75) is 6.18 Å². The molecule has 142 valence electrons. The monoisotopic (exact) mass is 387 g/mol. The van der Waals surface area contributed by atoms with E-state index < -0.39 is 17.8 Å². The fourth-order valence-electron chi connectivity index (χ4n) is 2.98. The number of carbonyl (C=O) groups is 1. The number of halogens is 3. The van der Waals surface area contributed by atoms with Crippen LogP contribution in [0.2, 0.25) is 0 Å². The van der Waals surface area contributed by atoms with Crippen LogP contribution in [0.15, 0.2) is 48.8 Å². The maximum atomic E-state index is 13.1. The molecule has 1 N–H and O–H groups in total. The van der Waals surface area contributed by atoms with E-state index in [-0.39, 0.29) is 16.9 Å². The minimum atomic E-state index is -4.59. The molecule has 4 rings (SSSR count). The van der Waals surface area contributed by atoms with Gasteiger partial charge in [-0.05, 0) is 23.8 Å². The highest BCUT2D eigenvalue weighted by Gasteiger charge is 2.35. The smallest absolute Gasteiger partial charge is 0.433 e. The molecule has 10 heteroatoms. The molecule has 0 aliphatic carbocycles. The zero-order valence-corrected chi connectivity index (χ0v) is 14.3. The Hall–Kier alpha value is -3.69. The second-order valence-electron chi connectivity index (χ2n) is 6.05. The molecular weight excluding hydrogens is 375 g/mol. The lowest BCUT2D eigenvalue weighted by atomic mass is 10.0. The number of benzene rings is 1. The Kier molecular flexibility index (Phi) is 3.91. The van der Waals surface area contributed by atoms with Crippen molar-refractivity contribution >= 4 is 16.9 Å². The van der Waals surface area contributed by atoms with Gasteiger partial charge in [0.1, 0.15) is 5.69 Å². The van der Waals surface area contributed by atoms with E-state index in [2.05, 4.69) is 15.2 Å². The summed E-state index contributed by atoms with van der Waals surface area (Å²) < 4.78 is 41.0. The number of aromatic carboxylic acids is 1. The number of hydrogen-bond acceptors (Lipinski definition) is 4. The van der Waals surface area contributed by atoms with Crippen molar-refractivity contribution < 1.29 is 23.1 Å². The van der Waals surface area contributed by atoms with Crippen LogP contribution in [0.4, 0.5) is 13.2 Å². The number of alkyl halides is 3. The molecule has 0 spiro atoms. The van der Waals surface area contributed by atoms with Crippen molar-refractivity contribution in [1.29, 1.82) is 0 Å². The van der Waals surface area contributed by atoms with Crippen LogP contribution in [-0.2, 0) is 13.2 Å². The van der Waals surface area contributed by atoms with E-state index in [1.165, 1.54) is 0 Å². The van der Waals surface area contributed by atoms with Gasteiger partial charge in [-0.1, -0.05) is 12.1 Å². The molecule has 0 saturated carbocycles. The summed E-state index contributed by atoms with van der Waals surface area (Å²) in [6, 6.07) is 9.32. The molecule has 3 heterocycles. The predicted octanol–water partition coefficient (Wildman–Crippen LogP) is 3.54. The highest BCUT2D eigenvalue weighted by molar-refractivity contribution is 6.03. The normalized spacial score (nSPS) is 11.9. The first kappa shape index (κ1) is 17.7. The van der Waals surface area contributed by atoms with Gasteiger partial charge in [-0.15, -0.1) is 0 Å². The van der Waals surface area contributed by atoms with Crippen LogP contribution in [0.5, 0.6) is 0 Å². The first-order chi connectivity index (χ1) is 13.3. The molecule has 28 heavy (non-hydrogen) atoms. The number of carboxylic acids is 1. The molecule has 0 saturated heterocycles. The first-order valence-corrected chi connectivity index (χ1v) is 8.04. The van der Waals surface area contributed by atoms with E-state index in [9.17, 15) is 23.1 Å². The molecule has 0 aliphatic heterocycles. The van der Waals surface area contributed by atoms with E-state index in [0.717, 1.165) is 23.4 Å². The van der Waals surface area contributed by atoms with Gasteiger partial charge in [-0.3, -0.25) is 9.67 Å². The summed E-state index contributed by atoms with van der Waals surface area (Å²) in [6.07, 6.45) is -1.35. The Morgan fingerprint density at radius 2 is 1.89 bits per heavy atom. The number of hydrogen-bond donors (Lipinski definition) is 1. The molecule has 0 atom stereocenters. The van der Waals surface area contributed by atoms with Gasteiger partial charge in [0, 0.05) is 36.5 Å². The van der Waals surface area contributed by atoms with Crippen molar-refractivity contribution in [3.63, 3.8) is 0 Å². The molecule has 0 fully saturated rings. The van der Waals surface area contributed by atoms with Gasteiger partial charge in [-0.25, -0.2) is 9.48 Å². The number of carboxylic acid groups (broad SMARTS) is 1. The fourth-order valence-corrected chi connectivity index (χ4v) is 2.98. The number of fused-ring (bicyclic) bond motifs is 1. The van der Waals surface area contributed by atoms with Gasteiger partial charge in [0.05, 0.1) is 5.52 Å². The van der Waals surface area contributed by atoms with Crippen LogP contribution in [0.1, 0.15) is 16.2 Å². The maximum absolute atomic E-state index is 13.1. The van der Waals surface area contributed by atoms with Gasteiger partial charge in [0.25, 0.3) is 0 Å². The lowest BCUT2D eigenvalue weighted by molar-refractivity contribution is -0.143. The largest absolute Gasteiger partial charge is 0.476 e. The van der Waals surface area contributed by atoms with Gasteiger partial charge in [0.2, 0.25) is 0 Å². The van der Waals surface area contributed by atoms with Crippen LogP contribution >= 0.6 is 0 Å². The zero-order valence-electron chi connectivity index (χ0n) is 14.3. The van der Waals surface area contributed by atoms with Crippen LogP contribution in [0, 0.1) is 0 Å². The predicted molar refractivity (Wildman–Crippen MR) is 93.0 cm³/mol. The van der Waals surface area contributed by atoms with Crippen LogP contribution in [0.3, 0.4) is 0 Å². The quantitative estimate of drug-likeness (QED) is 0.581. The van der Waals surface area contributed by atoms with Gasteiger partial charge in [-0.2, -0.15) is 23.4 Å². The molecular formula is C18H12F3N5O2. The Bertz CT molecular complexity index is 1200. The zero-order chi connectivity index (χ0) is 20.1. The van der Waals surface area contributed by atoms with E-state index in [0.29, 0.717) is 15.8 Å². The third-order valence-electron chi connectivity index (χ3n) is 4.25. The summed E-state index contributed by atoms with van der Waals surface area (Å²) in [5.41, 5.74) is 0.567. The summed E-state index contributed by atoms with van der Waals surface area (Å²) in [4.78, 5) is 15.7. The number of aromatic nitrogens is 5. The third-order valence-corrected chi connectivity index (χ3v) is 4.25. The Morgan fingerprint density at radius 1 is 1.11 bits per heavy atom. The standard InChI is InChI=1S/C18H12F3N5O2/c1-25-14(18(19,20)21)8-15(23-25)26-13-5-4-10(11-3-2-6-22-9-11)7-12(13)16(24-26)17(27)28/h2-9H,1H3,(H,27,28). The Labute approximate surface area is 155 Å². The number of rotatable bonds is 3. The summed E-state index contributed by atoms with van der Waals surface area (Å²) >= 11 is 0. The fraction of sp³-hybridized carbons (Fsp3) is 0.111. The molecule has 7 nitrogen and oxygen atoms in total. The summed E-state index contributed by atoms with van der Waals surface area (Å²) in [6.45, 7) is 0. The Morgan fingerprint density at radius 3 is 2.50 bits per heavy atom. The van der Waals surface area contributed by atoms with Crippen LogP contribution < -0.4 is 0 Å². The molecule has 0 radical (unpaired) electrons. The average Bonchev–Trinajstić information content (AvgIpc) is 3.22. The molecule has 0 unspecified atom stereocenters. The van der Waals surface area contributed by atoms with E-state index in [1.807, 2.05) is 6.07 Å². The van der Waals surface area contributed by atoms with E-state index in [1.54, 1.807) is 36.7 Å². The second kappa shape index (κ2) is 6.19. The summed E-state index contributed by atoms with van der Waals surface area (Å²) in [5, 5.41) is 17.6. The van der Waals surface area contributed by atoms with Gasteiger partial charge in [0.15, 0.2) is 11.5 Å². The Balaban J connectivity index is 1.93. The van der Waals surface area contributed by atoms with E-state index >= 15 is 0 Å². The lowest BCUT2D eigenvalue weighted by Crippen LogP contribution is -2.11. The second-order valence-corrected chi connectivity index (χ2v) is 6.05. The number of aryl methyl sites for hydroxylation is 1. The highest BCUT2D eigenvalue weighted by Crippen LogP contribution is 2.32. The SMILES string of the molecule is Cn1nc(-n2nc(C(=O)O)c3cc(-c4cccnc4)ccc32)cc1C(F)(F)F. The molecule has 4 aromatic rings. The molecule has 0 bridgehead atoms. The van der Waals surface area contributed by atoms with Crippen molar-refractivity contribution in [2.75, 3.05) is 0 Å². The third kappa shape index (κ3) is 2.88. The number of pyridine rings is 1. The van der Waals surface area contributed by atoms with Crippen LogP contribution in [-0.4, -0.2) is 35.6 Å². The van der Waals surface area contributed by atoms with Crippen molar-refractivity contribution in [2.24, 2.45) is 7.05 Å². The molecule has 0 aliphatic rings. The van der Waals surface area contributed by atoms with Crippen LogP contribution in [0.25, 0.3) is 27.8 Å². The van der Waals surface area contributed by atoms with E-state index in [4.69, 9.17) is 0 Å². The minimum Gasteiger partial charge on any atom is -0.476 e. The van der Waals surface area contributed by atoms with Crippen molar-refractivity contribution in [1.82, 2.24) is 24.5 Å². The highest BCUT2D eigenvalue weighted by atomic mass is 19.4. The summed E-state index contributed by atoms with van der Waals surface area (Å²) in [7, 11) is 1.16. The topological polar surface area (TPSA) is 85.8 Å². The van der Waals surface area contributed by atoms with Crippen molar-refractivity contribution in [3.05, 3.63) is 60.2 Å².